The number of nitrogens with zero attached hydrogens (tertiary/aromatic N) is 1. The van der Waals surface area contributed by atoms with Crippen LogP contribution in [0, 0.1) is 5.92 Å². The summed E-state index contributed by atoms with van der Waals surface area (Å²) in [6.07, 6.45) is 4.84. The minimum Gasteiger partial charge on any atom is -0.494 e. The molecular weight excluding hydrogens is 280 g/mol. The molecule has 4 heteroatoms. The Bertz CT molecular complexity index is 425. The average molecular weight is 297 g/mol. The van der Waals surface area contributed by atoms with E-state index in [1.807, 2.05) is 18.2 Å². The van der Waals surface area contributed by atoms with E-state index in [9.17, 15) is 0 Å². The maximum Gasteiger partial charge on any atom is 0.144 e. The van der Waals surface area contributed by atoms with Gasteiger partial charge in [-0.15, -0.1) is 0 Å². The highest BCUT2D eigenvalue weighted by Crippen LogP contribution is 2.32. The van der Waals surface area contributed by atoms with E-state index in [1.54, 1.807) is 7.11 Å². The van der Waals surface area contributed by atoms with Crippen LogP contribution in [0.3, 0.4) is 0 Å². The molecule has 92 valence electrons. The van der Waals surface area contributed by atoms with E-state index in [0.717, 1.165) is 34.6 Å². The molecule has 1 aromatic rings. The number of ether oxygens (including phenoxy) is 1. The van der Waals surface area contributed by atoms with Gasteiger partial charge in [-0.2, -0.15) is 0 Å². The lowest BCUT2D eigenvalue weighted by Gasteiger charge is -2.10. The SMILES string of the molecule is COc1ccc(Br)cc1N=C(N)C1CCCC1. The highest BCUT2D eigenvalue weighted by molar-refractivity contribution is 9.10. The van der Waals surface area contributed by atoms with Gasteiger partial charge in [0.25, 0.3) is 0 Å². The highest BCUT2D eigenvalue weighted by Gasteiger charge is 2.19. The van der Waals surface area contributed by atoms with Crippen molar-refractivity contribution >= 4 is 27.5 Å². The van der Waals surface area contributed by atoms with Crippen LogP contribution in [0.4, 0.5) is 5.69 Å². The molecule has 0 bridgehead atoms. The predicted molar refractivity (Wildman–Crippen MR) is 73.9 cm³/mol. The minimum atomic E-state index is 0.443. The van der Waals surface area contributed by atoms with Crippen LogP contribution in [0.5, 0.6) is 5.75 Å². The van der Waals surface area contributed by atoms with Crippen molar-refractivity contribution in [2.24, 2.45) is 16.6 Å². The van der Waals surface area contributed by atoms with Gasteiger partial charge in [0.15, 0.2) is 0 Å². The Morgan fingerprint density at radius 2 is 2.12 bits per heavy atom. The summed E-state index contributed by atoms with van der Waals surface area (Å²) in [4.78, 5) is 4.51. The number of amidine groups is 1. The zero-order valence-corrected chi connectivity index (χ0v) is 11.5. The van der Waals surface area contributed by atoms with Gasteiger partial charge in [-0.05, 0) is 31.0 Å². The Kier molecular flexibility index (Phi) is 4.05. The first-order valence-electron chi connectivity index (χ1n) is 5.88. The van der Waals surface area contributed by atoms with Gasteiger partial charge in [-0.1, -0.05) is 28.8 Å². The third-order valence-electron chi connectivity index (χ3n) is 3.16. The molecule has 0 spiro atoms. The molecule has 17 heavy (non-hydrogen) atoms. The molecule has 0 atom stereocenters. The third-order valence-corrected chi connectivity index (χ3v) is 3.66. The van der Waals surface area contributed by atoms with Gasteiger partial charge < -0.3 is 10.5 Å². The van der Waals surface area contributed by atoms with E-state index in [-0.39, 0.29) is 0 Å². The number of methoxy groups -OCH3 is 1. The monoisotopic (exact) mass is 296 g/mol. The van der Waals surface area contributed by atoms with Crippen molar-refractivity contribution in [3.05, 3.63) is 22.7 Å². The number of hydrogen-bond donors (Lipinski definition) is 1. The maximum absolute atomic E-state index is 6.06. The molecule has 3 nitrogen and oxygen atoms in total. The van der Waals surface area contributed by atoms with Gasteiger partial charge in [0.1, 0.15) is 17.3 Å². The summed E-state index contributed by atoms with van der Waals surface area (Å²) in [7, 11) is 1.65. The van der Waals surface area contributed by atoms with Crippen molar-refractivity contribution in [3.63, 3.8) is 0 Å². The van der Waals surface area contributed by atoms with E-state index in [0.29, 0.717) is 5.92 Å². The van der Waals surface area contributed by atoms with Crippen LogP contribution in [-0.2, 0) is 0 Å². The van der Waals surface area contributed by atoms with Gasteiger partial charge in [0.05, 0.1) is 7.11 Å². The first-order valence-corrected chi connectivity index (χ1v) is 6.67. The van der Waals surface area contributed by atoms with Crippen molar-refractivity contribution in [2.45, 2.75) is 25.7 Å². The van der Waals surface area contributed by atoms with Crippen LogP contribution in [0.25, 0.3) is 0 Å². The lowest BCUT2D eigenvalue weighted by atomic mass is 10.1. The minimum absolute atomic E-state index is 0.443. The van der Waals surface area contributed by atoms with Crippen LogP contribution in [0.2, 0.25) is 0 Å². The lowest BCUT2D eigenvalue weighted by Crippen LogP contribution is -2.20. The van der Waals surface area contributed by atoms with Gasteiger partial charge >= 0.3 is 0 Å². The summed E-state index contributed by atoms with van der Waals surface area (Å²) in [5.41, 5.74) is 6.86. The number of hydrogen-bond acceptors (Lipinski definition) is 2. The molecule has 1 aliphatic rings. The quantitative estimate of drug-likeness (QED) is 0.684. The average Bonchev–Trinajstić information content (AvgIpc) is 2.83. The summed E-state index contributed by atoms with van der Waals surface area (Å²) >= 11 is 3.43. The Hall–Kier alpha value is -1.03. The summed E-state index contributed by atoms with van der Waals surface area (Å²) < 4.78 is 6.26. The topological polar surface area (TPSA) is 47.6 Å². The maximum atomic E-state index is 6.06. The molecule has 1 fully saturated rings. The molecule has 2 N–H and O–H groups in total. The number of aliphatic imine (C=N–C) groups is 1. The fraction of sp³-hybridized carbons (Fsp3) is 0.462. The fourth-order valence-corrected chi connectivity index (χ4v) is 2.55. The molecule has 1 aromatic carbocycles. The normalized spacial score (nSPS) is 17.4. The second-order valence-electron chi connectivity index (χ2n) is 4.33. The molecule has 0 aliphatic heterocycles. The van der Waals surface area contributed by atoms with Gasteiger partial charge in [-0.25, -0.2) is 4.99 Å². The molecule has 0 saturated heterocycles. The second-order valence-corrected chi connectivity index (χ2v) is 5.25. The summed E-state index contributed by atoms with van der Waals surface area (Å²) in [5.74, 6) is 1.94. The Morgan fingerprint density at radius 1 is 1.41 bits per heavy atom. The molecule has 0 radical (unpaired) electrons. The summed E-state index contributed by atoms with van der Waals surface area (Å²) in [5, 5.41) is 0. The highest BCUT2D eigenvalue weighted by atomic mass is 79.9. The molecule has 2 rings (SSSR count). The predicted octanol–water partition coefficient (Wildman–Crippen LogP) is 3.64. The molecule has 0 heterocycles. The Balaban J connectivity index is 2.26. The fourth-order valence-electron chi connectivity index (χ4n) is 2.20. The van der Waals surface area contributed by atoms with Crippen LogP contribution in [0.1, 0.15) is 25.7 Å². The zero-order valence-electron chi connectivity index (χ0n) is 9.95. The molecule has 1 saturated carbocycles. The number of nitrogens with two attached hydrogens (primary N) is 1. The van der Waals surface area contributed by atoms with Crippen molar-refractivity contribution in [2.75, 3.05) is 7.11 Å². The number of halogens is 1. The number of rotatable bonds is 3. The zero-order chi connectivity index (χ0) is 12.3. The third kappa shape index (κ3) is 3.00. The first kappa shape index (κ1) is 12.4. The van der Waals surface area contributed by atoms with Crippen molar-refractivity contribution in [3.8, 4) is 5.75 Å². The Labute approximate surface area is 110 Å². The molecular formula is C13H17BrN2O. The van der Waals surface area contributed by atoms with E-state index >= 15 is 0 Å². The van der Waals surface area contributed by atoms with E-state index in [4.69, 9.17) is 10.5 Å². The second kappa shape index (κ2) is 5.54. The van der Waals surface area contributed by atoms with Crippen LogP contribution in [-0.4, -0.2) is 12.9 Å². The van der Waals surface area contributed by atoms with E-state index in [1.165, 1.54) is 12.8 Å². The molecule has 0 aromatic heterocycles. The van der Waals surface area contributed by atoms with Gasteiger partial charge in [-0.3, -0.25) is 0 Å². The van der Waals surface area contributed by atoms with E-state index < -0.39 is 0 Å². The summed E-state index contributed by atoms with van der Waals surface area (Å²) in [6, 6.07) is 5.76. The van der Waals surface area contributed by atoms with Gasteiger partial charge in [0.2, 0.25) is 0 Å². The van der Waals surface area contributed by atoms with Crippen LogP contribution in [0.15, 0.2) is 27.7 Å². The Morgan fingerprint density at radius 3 is 2.76 bits per heavy atom. The largest absolute Gasteiger partial charge is 0.494 e. The standard InChI is InChI=1S/C13H17BrN2O/c1-17-12-7-6-10(14)8-11(12)16-13(15)9-4-2-3-5-9/h6-9H,2-5H2,1H3,(H2,15,16). The van der Waals surface area contributed by atoms with Crippen LogP contribution < -0.4 is 10.5 Å². The van der Waals surface area contributed by atoms with Gasteiger partial charge in [0, 0.05) is 10.4 Å². The summed E-state index contributed by atoms with van der Waals surface area (Å²) in [6.45, 7) is 0. The molecule has 0 unspecified atom stereocenters. The number of benzene rings is 1. The smallest absolute Gasteiger partial charge is 0.144 e. The van der Waals surface area contributed by atoms with E-state index in [2.05, 4.69) is 20.9 Å². The van der Waals surface area contributed by atoms with Crippen molar-refractivity contribution in [1.29, 1.82) is 0 Å². The first-order chi connectivity index (χ1) is 8.20. The molecule has 0 amide bonds. The van der Waals surface area contributed by atoms with Crippen molar-refractivity contribution in [1.82, 2.24) is 0 Å². The van der Waals surface area contributed by atoms with Crippen LogP contribution >= 0.6 is 15.9 Å². The van der Waals surface area contributed by atoms with Crippen molar-refractivity contribution < 1.29 is 4.74 Å². The molecule has 1 aliphatic carbocycles. The lowest BCUT2D eigenvalue weighted by molar-refractivity contribution is 0.416.